The Kier molecular flexibility index (Phi) is 5.95. The van der Waals surface area contributed by atoms with E-state index >= 15 is 0 Å². The van der Waals surface area contributed by atoms with E-state index < -0.39 is 8.07 Å². The summed E-state index contributed by atoms with van der Waals surface area (Å²) in [7, 11) is -0.984. The van der Waals surface area contributed by atoms with Crippen molar-refractivity contribution in [2.24, 2.45) is 0 Å². The number of hydrogen-bond donors (Lipinski definition) is 0. The second-order valence-corrected chi connectivity index (χ2v) is 13.6. The largest absolute Gasteiger partial charge is 0.494 e. The first-order chi connectivity index (χ1) is 12.5. The molecule has 0 bridgehead atoms. The summed E-state index contributed by atoms with van der Waals surface area (Å²) in [5.74, 6) is 0.959. The average molecular weight is 361 g/mol. The number of hydrogen-bond acceptors (Lipinski definition) is 1. The van der Waals surface area contributed by atoms with Gasteiger partial charge in [0.15, 0.2) is 0 Å². The van der Waals surface area contributed by atoms with Crippen LogP contribution in [-0.2, 0) is 0 Å². The maximum Gasteiger partial charge on any atom is 0.119 e. The molecule has 26 heavy (non-hydrogen) atoms. The Balaban J connectivity index is 1.79. The van der Waals surface area contributed by atoms with Crippen molar-refractivity contribution in [3.8, 4) is 28.0 Å². The SMILES string of the molecule is C[Si](C)(C)CCCOc1cccc(-c2ccccc2-c2ccccc2)c1. The maximum atomic E-state index is 6.03. The van der Waals surface area contributed by atoms with Gasteiger partial charge in [-0.1, -0.05) is 92.4 Å². The summed E-state index contributed by atoms with van der Waals surface area (Å²) in [6.07, 6.45) is 1.14. The van der Waals surface area contributed by atoms with Crippen LogP contribution >= 0.6 is 0 Å². The summed E-state index contributed by atoms with van der Waals surface area (Å²) in [6, 6.07) is 28.9. The summed E-state index contributed by atoms with van der Waals surface area (Å²) < 4.78 is 6.03. The Morgan fingerprint density at radius 1 is 0.692 bits per heavy atom. The van der Waals surface area contributed by atoms with Gasteiger partial charge in [-0.3, -0.25) is 0 Å². The molecule has 0 N–H and O–H groups in total. The molecule has 3 aromatic carbocycles. The molecule has 0 unspecified atom stereocenters. The minimum atomic E-state index is -0.984. The normalized spacial score (nSPS) is 11.3. The molecule has 0 aliphatic heterocycles. The number of benzene rings is 3. The first kappa shape index (κ1) is 18.5. The molecule has 3 aromatic rings. The lowest BCUT2D eigenvalue weighted by Gasteiger charge is -2.16. The van der Waals surface area contributed by atoms with Crippen molar-refractivity contribution in [3.05, 3.63) is 78.9 Å². The third-order valence-electron chi connectivity index (χ3n) is 4.50. The lowest BCUT2D eigenvalue weighted by molar-refractivity contribution is 0.317. The van der Waals surface area contributed by atoms with Gasteiger partial charge >= 0.3 is 0 Å². The molecule has 0 saturated heterocycles. The smallest absolute Gasteiger partial charge is 0.119 e. The molecule has 0 aliphatic carbocycles. The monoisotopic (exact) mass is 360 g/mol. The van der Waals surface area contributed by atoms with E-state index in [9.17, 15) is 0 Å². The molecule has 0 heterocycles. The van der Waals surface area contributed by atoms with Crippen molar-refractivity contribution in [1.82, 2.24) is 0 Å². The van der Waals surface area contributed by atoms with Crippen LogP contribution in [0.4, 0.5) is 0 Å². The van der Waals surface area contributed by atoms with E-state index in [1.807, 2.05) is 0 Å². The van der Waals surface area contributed by atoms with E-state index in [2.05, 4.69) is 98.5 Å². The van der Waals surface area contributed by atoms with Gasteiger partial charge in [0.1, 0.15) is 5.75 Å². The number of rotatable bonds is 7. The van der Waals surface area contributed by atoms with Crippen LogP contribution in [0.5, 0.6) is 5.75 Å². The van der Waals surface area contributed by atoms with Gasteiger partial charge in [0.25, 0.3) is 0 Å². The molecule has 1 nitrogen and oxygen atoms in total. The first-order valence-corrected chi connectivity index (χ1v) is 13.1. The Bertz CT molecular complexity index is 834. The fourth-order valence-electron chi connectivity index (χ4n) is 3.15. The highest BCUT2D eigenvalue weighted by atomic mass is 28.3. The second kappa shape index (κ2) is 8.37. The number of ether oxygens (including phenoxy) is 1. The summed E-state index contributed by atoms with van der Waals surface area (Å²) >= 11 is 0. The molecule has 0 saturated carbocycles. The standard InChI is InChI=1S/C24H28OSi/c1-26(2,3)18-10-17-25-22-14-9-13-21(19-22)24-16-8-7-15-23(24)20-11-5-4-6-12-20/h4-9,11-16,19H,10,17-18H2,1-3H3. The summed E-state index contributed by atoms with van der Waals surface area (Å²) in [6.45, 7) is 8.03. The van der Waals surface area contributed by atoms with Crippen molar-refractivity contribution in [2.75, 3.05) is 6.61 Å². The van der Waals surface area contributed by atoms with Crippen LogP contribution in [0.15, 0.2) is 78.9 Å². The fraction of sp³-hybridized carbons (Fsp3) is 0.250. The minimum absolute atomic E-state index is 0.800. The van der Waals surface area contributed by atoms with Gasteiger partial charge in [-0.2, -0.15) is 0 Å². The topological polar surface area (TPSA) is 9.23 Å². The molecule has 0 aliphatic rings. The van der Waals surface area contributed by atoms with E-state index in [1.165, 1.54) is 28.3 Å². The predicted molar refractivity (Wildman–Crippen MR) is 116 cm³/mol. The quantitative estimate of drug-likeness (QED) is 0.322. The van der Waals surface area contributed by atoms with E-state index in [4.69, 9.17) is 4.74 Å². The highest BCUT2D eigenvalue weighted by Gasteiger charge is 2.12. The highest BCUT2D eigenvalue weighted by Crippen LogP contribution is 2.33. The summed E-state index contributed by atoms with van der Waals surface area (Å²) in [5.41, 5.74) is 4.94. The second-order valence-electron chi connectivity index (χ2n) is 7.95. The van der Waals surface area contributed by atoms with Gasteiger partial charge < -0.3 is 4.74 Å². The van der Waals surface area contributed by atoms with Crippen molar-refractivity contribution >= 4 is 8.07 Å². The molecule has 0 fully saturated rings. The van der Waals surface area contributed by atoms with Crippen LogP contribution < -0.4 is 4.74 Å². The zero-order valence-corrected chi connectivity index (χ0v) is 17.0. The summed E-state index contributed by atoms with van der Waals surface area (Å²) in [4.78, 5) is 0. The van der Waals surface area contributed by atoms with Gasteiger partial charge in [0.05, 0.1) is 6.61 Å². The third-order valence-corrected chi connectivity index (χ3v) is 6.35. The van der Waals surface area contributed by atoms with Gasteiger partial charge in [0.2, 0.25) is 0 Å². The lowest BCUT2D eigenvalue weighted by atomic mass is 9.94. The zero-order chi connectivity index (χ0) is 18.4. The molecule has 0 aromatic heterocycles. The highest BCUT2D eigenvalue weighted by molar-refractivity contribution is 6.76. The summed E-state index contributed by atoms with van der Waals surface area (Å²) in [5, 5.41) is 0. The molecule has 134 valence electrons. The Hall–Kier alpha value is -2.32. The van der Waals surface area contributed by atoms with Gasteiger partial charge in [-0.05, 0) is 40.8 Å². The zero-order valence-electron chi connectivity index (χ0n) is 16.0. The molecule has 0 spiro atoms. The van der Waals surface area contributed by atoms with Crippen molar-refractivity contribution in [3.63, 3.8) is 0 Å². The van der Waals surface area contributed by atoms with Crippen molar-refractivity contribution < 1.29 is 4.74 Å². The van der Waals surface area contributed by atoms with E-state index in [-0.39, 0.29) is 0 Å². The van der Waals surface area contributed by atoms with E-state index in [0.717, 1.165) is 18.8 Å². The van der Waals surface area contributed by atoms with Crippen LogP contribution in [0.25, 0.3) is 22.3 Å². The van der Waals surface area contributed by atoms with Crippen LogP contribution in [0, 0.1) is 0 Å². The van der Waals surface area contributed by atoms with Gasteiger partial charge in [-0.15, -0.1) is 0 Å². The first-order valence-electron chi connectivity index (χ1n) is 9.41. The third kappa shape index (κ3) is 5.09. The van der Waals surface area contributed by atoms with Crippen LogP contribution in [-0.4, -0.2) is 14.7 Å². The van der Waals surface area contributed by atoms with E-state index in [1.54, 1.807) is 0 Å². The average Bonchev–Trinajstić information content (AvgIpc) is 2.65. The predicted octanol–water partition coefficient (Wildman–Crippen LogP) is 7.13. The minimum Gasteiger partial charge on any atom is -0.494 e. The Morgan fingerprint density at radius 2 is 1.31 bits per heavy atom. The molecule has 3 rings (SSSR count). The van der Waals surface area contributed by atoms with Crippen LogP contribution in [0.2, 0.25) is 25.7 Å². The van der Waals surface area contributed by atoms with Crippen LogP contribution in [0.1, 0.15) is 6.42 Å². The molecule has 0 radical (unpaired) electrons. The van der Waals surface area contributed by atoms with Gasteiger partial charge in [-0.25, -0.2) is 0 Å². The van der Waals surface area contributed by atoms with E-state index in [0.29, 0.717) is 0 Å². The molecule has 0 amide bonds. The Labute approximate surface area is 158 Å². The molecular weight excluding hydrogens is 332 g/mol. The molecule has 2 heteroatoms. The maximum absolute atomic E-state index is 6.03. The molecular formula is C24H28OSi. The molecule has 0 atom stereocenters. The van der Waals surface area contributed by atoms with Crippen molar-refractivity contribution in [1.29, 1.82) is 0 Å². The fourth-order valence-corrected chi connectivity index (χ4v) is 4.36. The Morgan fingerprint density at radius 3 is 2.00 bits per heavy atom. The van der Waals surface area contributed by atoms with Crippen molar-refractivity contribution in [2.45, 2.75) is 32.1 Å². The van der Waals surface area contributed by atoms with Gasteiger partial charge in [0, 0.05) is 8.07 Å². The van der Waals surface area contributed by atoms with Crippen LogP contribution in [0.3, 0.4) is 0 Å². The lowest BCUT2D eigenvalue weighted by Crippen LogP contribution is -2.19.